The number of hydrogen-bond donors (Lipinski definition) is 1. The molecule has 0 saturated carbocycles. The largest absolute Gasteiger partial charge is 0.378 e. The van der Waals surface area contributed by atoms with Crippen LogP contribution >= 0.6 is 0 Å². The molecule has 0 aromatic carbocycles. The highest BCUT2D eigenvalue weighted by Gasteiger charge is 2.31. The summed E-state index contributed by atoms with van der Waals surface area (Å²) >= 11 is 0. The number of piperazine rings is 1. The molecule has 3 heterocycles. The van der Waals surface area contributed by atoms with Gasteiger partial charge >= 0.3 is 0 Å². The fraction of sp³-hybridized carbons (Fsp3) is 1.00. The van der Waals surface area contributed by atoms with E-state index in [2.05, 4.69) is 15.1 Å². The van der Waals surface area contributed by atoms with E-state index >= 15 is 0 Å². The molecule has 4 heteroatoms. The van der Waals surface area contributed by atoms with Crippen LogP contribution < -0.4 is 5.32 Å². The van der Waals surface area contributed by atoms with E-state index in [1.54, 1.807) is 0 Å². The van der Waals surface area contributed by atoms with Gasteiger partial charge in [-0.3, -0.25) is 9.80 Å². The van der Waals surface area contributed by atoms with Crippen LogP contribution in [-0.2, 0) is 4.74 Å². The Morgan fingerprint density at radius 3 is 1.88 bits per heavy atom. The smallest absolute Gasteiger partial charge is 0.0645 e. The fourth-order valence-electron chi connectivity index (χ4n) is 3.07. The molecule has 0 aliphatic carbocycles. The Kier molecular flexibility index (Phi) is 3.43. The minimum absolute atomic E-state index is 0.732. The number of piperidine rings is 1. The number of nitrogens with zero attached hydrogens (tertiary/aromatic N) is 2. The molecule has 3 aliphatic heterocycles. The van der Waals surface area contributed by atoms with Gasteiger partial charge in [0.15, 0.2) is 0 Å². The minimum atomic E-state index is 0.732. The average Bonchev–Trinajstić information content (AvgIpc) is 2.29. The predicted molar refractivity (Wildman–Crippen MR) is 63.6 cm³/mol. The van der Waals surface area contributed by atoms with Crippen molar-refractivity contribution in [3.63, 3.8) is 0 Å². The zero-order valence-corrected chi connectivity index (χ0v) is 10.0. The Bertz CT molecular complexity index is 218. The topological polar surface area (TPSA) is 27.7 Å². The molecule has 0 atom stereocenters. The van der Waals surface area contributed by atoms with Crippen molar-refractivity contribution in [3.05, 3.63) is 0 Å². The van der Waals surface area contributed by atoms with Gasteiger partial charge in [0.25, 0.3) is 0 Å². The molecule has 16 heavy (non-hydrogen) atoms. The molecule has 3 rings (SSSR count). The Hall–Kier alpha value is -0.160. The lowest BCUT2D eigenvalue weighted by atomic mass is 10.0. The van der Waals surface area contributed by atoms with Crippen LogP contribution in [0.2, 0.25) is 0 Å². The first-order valence-electron chi connectivity index (χ1n) is 6.70. The van der Waals surface area contributed by atoms with E-state index in [1.807, 2.05) is 0 Å². The van der Waals surface area contributed by atoms with E-state index < -0.39 is 0 Å². The molecule has 3 saturated heterocycles. The summed E-state index contributed by atoms with van der Waals surface area (Å²) in [5.74, 6) is 0. The van der Waals surface area contributed by atoms with Crippen molar-refractivity contribution in [2.75, 3.05) is 52.5 Å². The lowest BCUT2D eigenvalue weighted by Crippen LogP contribution is -2.58. The molecule has 1 N–H and O–H groups in total. The van der Waals surface area contributed by atoms with Crippen LogP contribution in [0.5, 0.6) is 0 Å². The first-order valence-corrected chi connectivity index (χ1v) is 6.70. The molecule has 3 aliphatic rings. The molecule has 0 radical (unpaired) electrons. The Morgan fingerprint density at radius 2 is 1.38 bits per heavy atom. The van der Waals surface area contributed by atoms with Gasteiger partial charge in [-0.15, -0.1) is 0 Å². The van der Waals surface area contributed by atoms with E-state index in [0.29, 0.717) is 0 Å². The van der Waals surface area contributed by atoms with E-state index in [1.165, 1.54) is 52.1 Å². The third kappa shape index (κ3) is 2.25. The second kappa shape index (κ2) is 5.00. The van der Waals surface area contributed by atoms with E-state index in [4.69, 9.17) is 4.74 Å². The van der Waals surface area contributed by atoms with Crippen LogP contribution in [0.4, 0.5) is 0 Å². The van der Waals surface area contributed by atoms with Crippen molar-refractivity contribution < 1.29 is 4.74 Å². The van der Waals surface area contributed by atoms with Crippen LogP contribution in [0.1, 0.15) is 12.8 Å². The number of rotatable bonds is 2. The summed E-state index contributed by atoms with van der Waals surface area (Å²) in [6.07, 6.45) is 2.68. The molecule has 0 bridgehead atoms. The highest BCUT2D eigenvalue weighted by atomic mass is 16.5. The number of ether oxygens (including phenoxy) is 1. The fourth-order valence-corrected chi connectivity index (χ4v) is 3.07. The molecule has 0 spiro atoms. The average molecular weight is 225 g/mol. The second-order valence-electron chi connectivity index (χ2n) is 5.24. The van der Waals surface area contributed by atoms with E-state index in [0.717, 1.165) is 25.3 Å². The third-order valence-electron chi connectivity index (χ3n) is 4.31. The molecule has 0 unspecified atom stereocenters. The van der Waals surface area contributed by atoms with Crippen molar-refractivity contribution in [3.8, 4) is 0 Å². The van der Waals surface area contributed by atoms with Crippen molar-refractivity contribution in [1.82, 2.24) is 15.1 Å². The lowest BCUT2D eigenvalue weighted by molar-refractivity contribution is -0.0804. The first kappa shape index (κ1) is 11.0. The van der Waals surface area contributed by atoms with Gasteiger partial charge in [-0.1, -0.05) is 0 Å². The van der Waals surface area contributed by atoms with Gasteiger partial charge in [0, 0.05) is 32.2 Å². The van der Waals surface area contributed by atoms with Gasteiger partial charge in [-0.2, -0.15) is 0 Å². The maximum Gasteiger partial charge on any atom is 0.0645 e. The lowest BCUT2D eigenvalue weighted by Gasteiger charge is -2.45. The molecule has 92 valence electrons. The van der Waals surface area contributed by atoms with Crippen LogP contribution in [0.3, 0.4) is 0 Å². The molecule has 0 amide bonds. The van der Waals surface area contributed by atoms with Gasteiger partial charge in [-0.25, -0.2) is 0 Å². The first-order chi connectivity index (χ1) is 7.93. The summed E-state index contributed by atoms with van der Waals surface area (Å²) in [4.78, 5) is 5.32. The summed E-state index contributed by atoms with van der Waals surface area (Å²) in [6, 6.07) is 1.58. The van der Waals surface area contributed by atoms with Crippen molar-refractivity contribution in [2.45, 2.75) is 24.9 Å². The van der Waals surface area contributed by atoms with Crippen molar-refractivity contribution >= 4 is 0 Å². The Morgan fingerprint density at radius 1 is 0.812 bits per heavy atom. The van der Waals surface area contributed by atoms with E-state index in [9.17, 15) is 0 Å². The quantitative estimate of drug-likeness (QED) is 0.702. The third-order valence-corrected chi connectivity index (χ3v) is 4.31. The van der Waals surface area contributed by atoms with Gasteiger partial charge in [0.2, 0.25) is 0 Å². The van der Waals surface area contributed by atoms with Gasteiger partial charge in [0.05, 0.1) is 19.3 Å². The normalized spacial score (nSPS) is 31.5. The molecule has 0 aromatic rings. The highest BCUT2D eigenvalue weighted by molar-refractivity contribution is 4.86. The van der Waals surface area contributed by atoms with E-state index in [-0.39, 0.29) is 0 Å². The number of nitrogens with one attached hydrogen (secondary N) is 1. The molecule has 3 fully saturated rings. The summed E-state index contributed by atoms with van der Waals surface area (Å²) in [6.45, 7) is 9.38. The standard InChI is InChI=1S/C12H23N3O/c1-3-13-4-2-11(1)14-5-7-15(8-6-14)12-9-16-10-12/h11-13H,1-10H2. The summed E-state index contributed by atoms with van der Waals surface area (Å²) < 4.78 is 5.27. The summed E-state index contributed by atoms with van der Waals surface area (Å²) in [7, 11) is 0. The van der Waals surface area contributed by atoms with Gasteiger partial charge in [-0.05, 0) is 25.9 Å². The second-order valence-corrected chi connectivity index (χ2v) is 5.24. The zero-order valence-electron chi connectivity index (χ0n) is 10.0. The zero-order chi connectivity index (χ0) is 10.8. The highest BCUT2D eigenvalue weighted by Crippen LogP contribution is 2.17. The minimum Gasteiger partial charge on any atom is -0.378 e. The number of hydrogen-bond acceptors (Lipinski definition) is 4. The monoisotopic (exact) mass is 225 g/mol. The van der Waals surface area contributed by atoms with Crippen LogP contribution in [0, 0.1) is 0 Å². The Balaban J connectivity index is 1.45. The SMILES string of the molecule is C1CC(N2CCN(C3COC3)CC2)CCN1. The maximum atomic E-state index is 5.27. The summed E-state index contributed by atoms with van der Waals surface area (Å²) in [5.41, 5.74) is 0. The predicted octanol–water partition coefficient (Wildman–Crippen LogP) is -0.245. The molecule has 4 nitrogen and oxygen atoms in total. The Labute approximate surface area is 97.9 Å². The summed E-state index contributed by atoms with van der Waals surface area (Å²) in [5, 5.41) is 3.45. The van der Waals surface area contributed by atoms with Crippen LogP contribution in [-0.4, -0.2) is 74.4 Å². The van der Waals surface area contributed by atoms with Crippen LogP contribution in [0.25, 0.3) is 0 Å². The van der Waals surface area contributed by atoms with Gasteiger partial charge < -0.3 is 10.1 Å². The molecular weight excluding hydrogens is 202 g/mol. The van der Waals surface area contributed by atoms with Crippen molar-refractivity contribution in [2.24, 2.45) is 0 Å². The molecule has 0 aromatic heterocycles. The van der Waals surface area contributed by atoms with Crippen LogP contribution in [0.15, 0.2) is 0 Å². The maximum absolute atomic E-state index is 5.27. The van der Waals surface area contributed by atoms with Crippen molar-refractivity contribution in [1.29, 1.82) is 0 Å². The molecular formula is C12H23N3O. The van der Waals surface area contributed by atoms with Gasteiger partial charge in [0.1, 0.15) is 0 Å².